The van der Waals surface area contributed by atoms with Gasteiger partial charge in [-0.2, -0.15) is 26.3 Å². The molecule has 2 N–H and O–H groups in total. The van der Waals surface area contributed by atoms with Crippen LogP contribution in [0, 0.1) is 0 Å². The number of halogens is 6. The summed E-state index contributed by atoms with van der Waals surface area (Å²) in [7, 11) is 0. The molecule has 0 bridgehead atoms. The van der Waals surface area contributed by atoms with Crippen molar-refractivity contribution in [2.45, 2.75) is 25.8 Å². The van der Waals surface area contributed by atoms with Crippen LogP contribution in [0.3, 0.4) is 0 Å². The molecule has 6 nitrogen and oxygen atoms in total. The van der Waals surface area contributed by atoms with Crippen molar-refractivity contribution < 1.29 is 31.4 Å². The number of hydrogen-bond acceptors (Lipinski definition) is 4. The standard InChI is InChI=1S/C21H15F6N3O3/c1-11(28-10-12-6-2-3-7-13(12)20(22,23)24)16-17(31)29-19(33)30(18(16)32)15-9-5-4-8-14(15)21(25,26)27/h2-9,32H,10H2,1H3,(H,29,31,33). The molecular weight excluding hydrogens is 456 g/mol. The number of nitrogens with one attached hydrogen (secondary N) is 1. The molecule has 0 radical (unpaired) electrons. The predicted octanol–water partition coefficient (Wildman–Crippen LogP) is 4.28. The number of H-pyrrole nitrogens is 1. The number of aromatic nitrogens is 2. The van der Waals surface area contributed by atoms with E-state index in [9.17, 15) is 41.0 Å². The minimum Gasteiger partial charge on any atom is -0.493 e. The Balaban J connectivity index is 2.14. The fraction of sp³-hybridized carbons (Fsp3) is 0.190. The molecule has 0 fully saturated rings. The van der Waals surface area contributed by atoms with Crippen LogP contribution in [0.5, 0.6) is 5.88 Å². The number of para-hydroxylation sites is 1. The minimum absolute atomic E-state index is 0.226. The molecule has 0 aliphatic heterocycles. The molecule has 0 aliphatic rings. The zero-order chi connectivity index (χ0) is 24.6. The molecular formula is C21H15F6N3O3. The van der Waals surface area contributed by atoms with Crippen LogP contribution in [0.15, 0.2) is 63.1 Å². The van der Waals surface area contributed by atoms with E-state index in [4.69, 9.17) is 0 Å². The average molecular weight is 471 g/mol. The second-order valence-corrected chi connectivity index (χ2v) is 6.86. The topological polar surface area (TPSA) is 87.4 Å². The fourth-order valence-corrected chi connectivity index (χ4v) is 3.20. The van der Waals surface area contributed by atoms with Gasteiger partial charge in [-0.15, -0.1) is 0 Å². The van der Waals surface area contributed by atoms with Crippen LogP contribution in [-0.4, -0.2) is 20.4 Å². The molecule has 0 unspecified atom stereocenters. The first kappa shape index (κ1) is 23.8. The molecule has 33 heavy (non-hydrogen) atoms. The number of alkyl halides is 6. The molecule has 0 spiro atoms. The van der Waals surface area contributed by atoms with E-state index in [1.807, 2.05) is 0 Å². The molecule has 0 aliphatic carbocycles. The second-order valence-electron chi connectivity index (χ2n) is 6.86. The third-order valence-electron chi connectivity index (χ3n) is 4.71. The predicted molar refractivity (Wildman–Crippen MR) is 107 cm³/mol. The third kappa shape index (κ3) is 4.83. The molecule has 0 saturated heterocycles. The molecule has 0 amide bonds. The maximum absolute atomic E-state index is 13.4. The summed E-state index contributed by atoms with van der Waals surface area (Å²) < 4.78 is 79.9. The molecule has 1 heterocycles. The van der Waals surface area contributed by atoms with Gasteiger partial charge in [0.05, 0.1) is 29.1 Å². The van der Waals surface area contributed by atoms with Crippen molar-refractivity contribution >= 4 is 5.71 Å². The zero-order valence-corrected chi connectivity index (χ0v) is 16.8. The Bertz CT molecular complexity index is 1340. The largest absolute Gasteiger partial charge is 0.493 e. The maximum Gasteiger partial charge on any atom is 0.418 e. The van der Waals surface area contributed by atoms with Crippen molar-refractivity contribution in [3.8, 4) is 11.6 Å². The van der Waals surface area contributed by atoms with E-state index in [-0.39, 0.29) is 15.8 Å². The Kier molecular flexibility index (Phi) is 6.21. The molecule has 0 saturated carbocycles. The Hall–Kier alpha value is -3.83. The number of hydrogen-bond donors (Lipinski definition) is 2. The minimum atomic E-state index is -4.89. The van der Waals surface area contributed by atoms with Crippen molar-refractivity contribution in [2.75, 3.05) is 0 Å². The van der Waals surface area contributed by atoms with Crippen LogP contribution in [0.2, 0.25) is 0 Å². The maximum atomic E-state index is 13.4. The van der Waals surface area contributed by atoms with Gasteiger partial charge in [0.1, 0.15) is 5.56 Å². The van der Waals surface area contributed by atoms with Crippen molar-refractivity contribution in [3.05, 3.63) is 91.6 Å². The quantitative estimate of drug-likeness (QED) is 0.440. The normalized spacial score (nSPS) is 12.8. The SMILES string of the molecule is CC(=NCc1ccccc1C(F)(F)F)c1c(O)n(-c2ccccc2C(F)(F)F)c(=O)[nH]c1=O. The van der Waals surface area contributed by atoms with Crippen molar-refractivity contribution in [2.24, 2.45) is 4.99 Å². The number of rotatable bonds is 4. The van der Waals surface area contributed by atoms with Gasteiger partial charge in [-0.1, -0.05) is 30.3 Å². The van der Waals surface area contributed by atoms with Crippen LogP contribution in [0.25, 0.3) is 5.69 Å². The van der Waals surface area contributed by atoms with E-state index in [0.717, 1.165) is 18.2 Å². The van der Waals surface area contributed by atoms with Gasteiger partial charge >= 0.3 is 18.0 Å². The number of aromatic hydroxyl groups is 1. The third-order valence-corrected chi connectivity index (χ3v) is 4.71. The van der Waals surface area contributed by atoms with E-state index in [0.29, 0.717) is 6.07 Å². The van der Waals surface area contributed by atoms with Crippen LogP contribution in [-0.2, 0) is 18.9 Å². The van der Waals surface area contributed by atoms with Gasteiger partial charge in [0.2, 0.25) is 5.88 Å². The fourth-order valence-electron chi connectivity index (χ4n) is 3.20. The summed E-state index contributed by atoms with van der Waals surface area (Å²) in [6.45, 7) is 0.629. The van der Waals surface area contributed by atoms with Gasteiger partial charge in [-0.25, -0.2) is 9.36 Å². The molecule has 12 heteroatoms. The highest BCUT2D eigenvalue weighted by molar-refractivity contribution is 6.00. The first-order valence-corrected chi connectivity index (χ1v) is 9.23. The number of aliphatic imine (C=N–C) groups is 1. The lowest BCUT2D eigenvalue weighted by Crippen LogP contribution is -2.33. The second kappa shape index (κ2) is 8.60. The summed E-state index contributed by atoms with van der Waals surface area (Å²) in [5.74, 6) is -1.13. The summed E-state index contributed by atoms with van der Waals surface area (Å²) >= 11 is 0. The lowest BCUT2D eigenvalue weighted by atomic mass is 10.1. The number of nitrogens with zero attached hydrogens (tertiary/aromatic N) is 2. The van der Waals surface area contributed by atoms with E-state index in [2.05, 4.69) is 4.99 Å². The van der Waals surface area contributed by atoms with Crippen LogP contribution >= 0.6 is 0 Å². The molecule has 174 valence electrons. The lowest BCUT2D eigenvalue weighted by molar-refractivity contribution is -0.138. The Morgan fingerprint density at radius 3 is 2.09 bits per heavy atom. The lowest BCUT2D eigenvalue weighted by Gasteiger charge is -2.16. The van der Waals surface area contributed by atoms with E-state index in [1.54, 1.807) is 4.98 Å². The summed E-state index contributed by atoms with van der Waals surface area (Å²) in [6.07, 6.45) is -9.54. The van der Waals surface area contributed by atoms with E-state index < -0.39 is 58.4 Å². The summed E-state index contributed by atoms with van der Waals surface area (Å²) in [5, 5.41) is 10.6. The highest BCUT2D eigenvalue weighted by Crippen LogP contribution is 2.35. The number of benzene rings is 2. The highest BCUT2D eigenvalue weighted by Gasteiger charge is 2.35. The van der Waals surface area contributed by atoms with Gasteiger partial charge in [0.25, 0.3) is 5.56 Å². The first-order chi connectivity index (χ1) is 15.3. The monoisotopic (exact) mass is 471 g/mol. The summed E-state index contributed by atoms with van der Waals surface area (Å²) in [4.78, 5) is 30.3. The van der Waals surface area contributed by atoms with Crippen molar-refractivity contribution in [3.63, 3.8) is 0 Å². The van der Waals surface area contributed by atoms with E-state index >= 15 is 0 Å². The molecule has 0 atom stereocenters. The summed E-state index contributed by atoms with van der Waals surface area (Å²) in [5.41, 5.74) is -6.63. The van der Waals surface area contributed by atoms with Gasteiger partial charge in [0, 0.05) is 0 Å². The molecule has 3 rings (SSSR count). The average Bonchev–Trinajstić information content (AvgIpc) is 2.71. The van der Waals surface area contributed by atoms with Crippen LogP contribution in [0.4, 0.5) is 26.3 Å². The zero-order valence-electron chi connectivity index (χ0n) is 16.8. The molecule has 1 aromatic heterocycles. The Labute approximate surface area is 181 Å². The highest BCUT2D eigenvalue weighted by atomic mass is 19.4. The van der Waals surface area contributed by atoms with Crippen molar-refractivity contribution in [1.82, 2.24) is 9.55 Å². The van der Waals surface area contributed by atoms with Gasteiger partial charge < -0.3 is 5.11 Å². The van der Waals surface area contributed by atoms with Crippen LogP contribution in [0.1, 0.15) is 29.2 Å². The summed E-state index contributed by atoms with van der Waals surface area (Å²) in [6, 6.07) is 8.42. The van der Waals surface area contributed by atoms with E-state index in [1.165, 1.54) is 31.2 Å². The number of aromatic amines is 1. The smallest absolute Gasteiger partial charge is 0.418 e. The Morgan fingerprint density at radius 2 is 1.48 bits per heavy atom. The Morgan fingerprint density at radius 1 is 0.939 bits per heavy atom. The molecule has 3 aromatic rings. The van der Waals surface area contributed by atoms with Gasteiger partial charge in [0.15, 0.2) is 0 Å². The first-order valence-electron chi connectivity index (χ1n) is 9.23. The van der Waals surface area contributed by atoms with Crippen LogP contribution < -0.4 is 11.2 Å². The van der Waals surface area contributed by atoms with Gasteiger partial charge in [-0.05, 0) is 30.7 Å². The van der Waals surface area contributed by atoms with Gasteiger partial charge in [-0.3, -0.25) is 14.8 Å². The van der Waals surface area contributed by atoms with Crippen molar-refractivity contribution in [1.29, 1.82) is 0 Å². The molecule has 2 aromatic carbocycles.